The lowest BCUT2D eigenvalue weighted by atomic mass is 10.0. The number of furan rings is 1. The fraction of sp³-hybridized carbons (Fsp3) is 0.174. The molecule has 3 N–H and O–H groups in total. The summed E-state index contributed by atoms with van der Waals surface area (Å²) in [6.45, 7) is 0.957. The third kappa shape index (κ3) is 4.92. The normalized spacial score (nSPS) is 12.6. The molecular weight excluding hydrogens is 396 g/mol. The van der Waals surface area contributed by atoms with Crippen molar-refractivity contribution in [2.45, 2.75) is 12.8 Å². The van der Waals surface area contributed by atoms with Gasteiger partial charge in [-0.25, -0.2) is 0 Å². The van der Waals surface area contributed by atoms with Crippen molar-refractivity contribution in [1.82, 2.24) is 10.9 Å². The number of rotatable bonds is 5. The van der Waals surface area contributed by atoms with Gasteiger partial charge in [0.15, 0.2) is 5.76 Å². The summed E-state index contributed by atoms with van der Waals surface area (Å²) >= 11 is 0. The molecule has 4 rings (SSSR count). The molecule has 2 aromatic carbocycles. The van der Waals surface area contributed by atoms with Gasteiger partial charge in [0.05, 0.1) is 12.8 Å². The van der Waals surface area contributed by atoms with Gasteiger partial charge in [0.1, 0.15) is 0 Å². The van der Waals surface area contributed by atoms with Crippen molar-refractivity contribution in [3.63, 3.8) is 0 Å². The van der Waals surface area contributed by atoms with Gasteiger partial charge in [-0.1, -0.05) is 18.2 Å². The van der Waals surface area contributed by atoms with Gasteiger partial charge in [-0.3, -0.25) is 25.2 Å². The highest BCUT2D eigenvalue weighted by Crippen LogP contribution is 2.26. The van der Waals surface area contributed by atoms with Gasteiger partial charge in [0.2, 0.25) is 0 Å². The van der Waals surface area contributed by atoms with Crippen molar-refractivity contribution in [2.24, 2.45) is 0 Å². The van der Waals surface area contributed by atoms with Gasteiger partial charge in [0.25, 0.3) is 17.7 Å². The molecule has 0 fully saturated rings. The van der Waals surface area contributed by atoms with Crippen LogP contribution in [0.1, 0.15) is 32.9 Å². The Morgan fingerprint density at radius 1 is 0.903 bits per heavy atom. The largest absolute Gasteiger partial charge is 0.459 e. The van der Waals surface area contributed by atoms with E-state index in [1.165, 1.54) is 11.8 Å². The molecule has 0 aliphatic carbocycles. The Morgan fingerprint density at radius 3 is 2.48 bits per heavy atom. The highest BCUT2D eigenvalue weighted by atomic mass is 16.3. The number of carbonyl (C=O) groups is 3. The van der Waals surface area contributed by atoms with Crippen LogP contribution in [-0.2, 0) is 11.2 Å². The Kier molecular flexibility index (Phi) is 5.98. The second-order valence-electron chi connectivity index (χ2n) is 7.16. The van der Waals surface area contributed by atoms with Crippen molar-refractivity contribution >= 4 is 29.1 Å². The first-order valence-electron chi connectivity index (χ1n) is 9.97. The number of carbonyl (C=O) groups excluding carboxylic acids is 3. The molecule has 1 aliphatic heterocycles. The Hall–Kier alpha value is -4.07. The van der Waals surface area contributed by atoms with Crippen LogP contribution in [-0.4, -0.2) is 30.8 Å². The van der Waals surface area contributed by atoms with E-state index < -0.39 is 5.91 Å². The minimum Gasteiger partial charge on any atom is -0.459 e. The van der Waals surface area contributed by atoms with Crippen LogP contribution in [0.3, 0.4) is 0 Å². The van der Waals surface area contributed by atoms with Crippen LogP contribution in [0.15, 0.2) is 71.3 Å². The SMILES string of the molecule is O=C(CN1CCCc2ccccc21)NNC(=O)c1ccc(NC(=O)c2ccco2)cc1. The molecule has 0 saturated carbocycles. The van der Waals surface area contributed by atoms with Crippen molar-refractivity contribution in [3.8, 4) is 0 Å². The Labute approximate surface area is 179 Å². The third-order valence-electron chi connectivity index (χ3n) is 5.01. The van der Waals surface area contributed by atoms with Crippen LogP contribution in [0.2, 0.25) is 0 Å². The molecule has 3 aromatic rings. The number of amides is 3. The van der Waals surface area contributed by atoms with E-state index in [9.17, 15) is 14.4 Å². The molecule has 1 aliphatic rings. The topological polar surface area (TPSA) is 104 Å². The predicted molar refractivity (Wildman–Crippen MR) is 116 cm³/mol. The first kappa shape index (κ1) is 20.2. The van der Waals surface area contributed by atoms with Crippen molar-refractivity contribution in [2.75, 3.05) is 23.3 Å². The van der Waals surface area contributed by atoms with Crippen molar-refractivity contribution < 1.29 is 18.8 Å². The maximum atomic E-state index is 12.3. The van der Waals surface area contributed by atoms with E-state index in [2.05, 4.69) is 22.2 Å². The molecule has 0 atom stereocenters. The third-order valence-corrected chi connectivity index (χ3v) is 5.01. The molecule has 2 heterocycles. The standard InChI is InChI=1S/C23H22N4O4/c28-21(15-27-13-3-6-16-5-1-2-7-19(16)27)25-26-22(29)17-9-11-18(12-10-17)24-23(30)20-8-4-14-31-20/h1-2,4-5,7-12,14H,3,6,13,15H2,(H,24,30)(H,25,28)(H,26,29). The van der Waals surface area contributed by atoms with E-state index in [1.807, 2.05) is 23.1 Å². The Balaban J connectivity index is 1.28. The van der Waals surface area contributed by atoms with E-state index in [4.69, 9.17) is 4.42 Å². The monoisotopic (exact) mass is 418 g/mol. The van der Waals surface area contributed by atoms with Gasteiger partial charge in [-0.05, 0) is 60.9 Å². The number of hydrogen-bond acceptors (Lipinski definition) is 5. The van der Waals surface area contributed by atoms with Crippen molar-refractivity contribution in [1.29, 1.82) is 0 Å². The molecule has 0 unspecified atom stereocenters. The van der Waals surface area contributed by atoms with E-state index >= 15 is 0 Å². The Bertz CT molecular complexity index is 1080. The number of benzene rings is 2. The number of aryl methyl sites for hydroxylation is 1. The van der Waals surface area contributed by atoms with Gasteiger partial charge >= 0.3 is 0 Å². The molecule has 0 saturated heterocycles. The molecule has 3 amide bonds. The first-order valence-corrected chi connectivity index (χ1v) is 9.97. The molecule has 158 valence electrons. The molecule has 1 aromatic heterocycles. The van der Waals surface area contributed by atoms with Crippen LogP contribution in [0.25, 0.3) is 0 Å². The van der Waals surface area contributed by atoms with Crippen LogP contribution in [0.4, 0.5) is 11.4 Å². The van der Waals surface area contributed by atoms with Gasteiger partial charge < -0.3 is 14.6 Å². The zero-order chi connectivity index (χ0) is 21.6. The number of fused-ring (bicyclic) bond motifs is 1. The van der Waals surface area contributed by atoms with E-state index in [-0.39, 0.29) is 24.1 Å². The molecule has 0 spiro atoms. The average molecular weight is 418 g/mol. The fourth-order valence-corrected chi connectivity index (χ4v) is 3.49. The molecule has 0 radical (unpaired) electrons. The molecule has 0 bridgehead atoms. The lowest BCUT2D eigenvalue weighted by Gasteiger charge is -2.30. The van der Waals surface area contributed by atoms with Crippen LogP contribution in [0.5, 0.6) is 0 Å². The van der Waals surface area contributed by atoms with Crippen molar-refractivity contribution in [3.05, 3.63) is 83.8 Å². The van der Waals surface area contributed by atoms with E-state index in [0.717, 1.165) is 25.1 Å². The number of anilines is 2. The predicted octanol–water partition coefficient (Wildman–Crippen LogP) is 2.75. The van der Waals surface area contributed by atoms with Crippen LogP contribution < -0.4 is 21.1 Å². The minimum absolute atomic E-state index is 0.162. The summed E-state index contributed by atoms with van der Waals surface area (Å²) in [7, 11) is 0. The average Bonchev–Trinajstić information content (AvgIpc) is 3.33. The van der Waals surface area contributed by atoms with Gasteiger partial charge in [0, 0.05) is 23.5 Å². The van der Waals surface area contributed by atoms with Gasteiger partial charge in [-0.2, -0.15) is 0 Å². The number of nitrogens with one attached hydrogen (secondary N) is 3. The second-order valence-corrected chi connectivity index (χ2v) is 7.16. The first-order chi connectivity index (χ1) is 15.1. The summed E-state index contributed by atoms with van der Waals surface area (Å²) in [6.07, 6.45) is 3.41. The maximum absolute atomic E-state index is 12.3. The minimum atomic E-state index is -0.448. The molecule has 8 nitrogen and oxygen atoms in total. The number of hydrogen-bond donors (Lipinski definition) is 3. The quantitative estimate of drug-likeness (QED) is 0.553. The van der Waals surface area contributed by atoms with Crippen LogP contribution >= 0.6 is 0 Å². The van der Waals surface area contributed by atoms with E-state index in [0.29, 0.717) is 11.3 Å². The number of nitrogens with zero attached hydrogens (tertiary/aromatic N) is 1. The highest BCUT2D eigenvalue weighted by Gasteiger charge is 2.19. The van der Waals surface area contributed by atoms with Crippen LogP contribution in [0, 0.1) is 0 Å². The zero-order valence-electron chi connectivity index (χ0n) is 16.8. The molecule has 8 heteroatoms. The summed E-state index contributed by atoms with van der Waals surface area (Å²) in [5.74, 6) is -0.932. The summed E-state index contributed by atoms with van der Waals surface area (Å²) in [4.78, 5) is 38.6. The fourth-order valence-electron chi connectivity index (χ4n) is 3.49. The summed E-state index contributed by atoms with van der Waals surface area (Å²) < 4.78 is 5.04. The number of hydrazine groups is 1. The molecule has 31 heavy (non-hydrogen) atoms. The second kappa shape index (κ2) is 9.17. The molecular formula is C23H22N4O4. The maximum Gasteiger partial charge on any atom is 0.291 e. The summed E-state index contributed by atoms with van der Waals surface area (Å²) in [5, 5.41) is 2.67. The smallest absolute Gasteiger partial charge is 0.291 e. The zero-order valence-corrected chi connectivity index (χ0v) is 16.8. The summed E-state index contributed by atoms with van der Waals surface area (Å²) in [6, 6.07) is 17.5. The Morgan fingerprint density at radius 2 is 1.71 bits per heavy atom. The summed E-state index contributed by atoms with van der Waals surface area (Å²) in [5.41, 5.74) is 8.04. The lowest BCUT2D eigenvalue weighted by Crippen LogP contribution is -2.47. The van der Waals surface area contributed by atoms with E-state index in [1.54, 1.807) is 36.4 Å². The number of para-hydroxylation sites is 1. The van der Waals surface area contributed by atoms with Gasteiger partial charge in [-0.15, -0.1) is 0 Å². The highest BCUT2D eigenvalue weighted by molar-refractivity contribution is 6.02. The lowest BCUT2D eigenvalue weighted by molar-refractivity contribution is -0.120.